The van der Waals surface area contributed by atoms with Crippen molar-refractivity contribution < 1.29 is 5.11 Å². The van der Waals surface area contributed by atoms with Crippen LogP contribution in [0.5, 0.6) is 5.75 Å². The molecule has 25 heavy (non-hydrogen) atoms. The van der Waals surface area contributed by atoms with Crippen molar-refractivity contribution in [3.63, 3.8) is 0 Å². The fourth-order valence-corrected chi connectivity index (χ4v) is 3.96. The van der Waals surface area contributed by atoms with Crippen LogP contribution in [0.25, 0.3) is 5.70 Å². The molecule has 0 fully saturated rings. The third-order valence-corrected chi connectivity index (χ3v) is 5.16. The van der Waals surface area contributed by atoms with E-state index in [0.717, 1.165) is 46.5 Å². The molecule has 0 amide bonds. The Morgan fingerprint density at radius 3 is 2.68 bits per heavy atom. The van der Waals surface area contributed by atoms with Gasteiger partial charge >= 0.3 is 0 Å². The normalized spacial score (nSPS) is 17.7. The number of rotatable bonds is 5. The predicted octanol–water partition coefficient (Wildman–Crippen LogP) is 4.88. The van der Waals surface area contributed by atoms with Gasteiger partial charge in [-0.3, -0.25) is 9.98 Å². The topological polar surface area (TPSA) is 68.7 Å². The van der Waals surface area contributed by atoms with Crippen LogP contribution >= 0.6 is 0 Å². The monoisotopic (exact) mass is 337 g/mol. The second kappa shape index (κ2) is 7.23. The van der Waals surface area contributed by atoms with Crippen molar-refractivity contribution in [1.82, 2.24) is 0 Å². The van der Waals surface area contributed by atoms with Crippen molar-refractivity contribution >= 4 is 18.1 Å². The molecule has 1 aliphatic rings. The minimum Gasteiger partial charge on any atom is -0.508 e. The number of phenolic OH excluding ortho intramolecular Hbond substituents is 1. The quantitative estimate of drug-likeness (QED) is 0.778. The van der Waals surface area contributed by atoms with E-state index in [0.29, 0.717) is 12.2 Å². The summed E-state index contributed by atoms with van der Waals surface area (Å²) in [5.41, 5.74) is 5.83. The maximum Gasteiger partial charge on any atom is 0.119 e. The number of aromatic hydroxyl groups is 1. The zero-order chi connectivity index (χ0) is 18.8. The lowest BCUT2D eigenvalue weighted by Gasteiger charge is -2.37. The Balaban J connectivity index is 2.76. The van der Waals surface area contributed by atoms with Crippen LogP contribution in [0.4, 0.5) is 0 Å². The number of phenols is 1. The average molecular weight is 337 g/mol. The highest BCUT2D eigenvalue weighted by atomic mass is 16.3. The van der Waals surface area contributed by atoms with Gasteiger partial charge in [-0.2, -0.15) is 5.26 Å². The Morgan fingerprint density at radius 1 is 1.44 bits per heavy atom. The van der Waals surface area contributed by atoms with Crippen molar-refractivity contribution in [1.29, 1.82) is 5.26 Å². The molecular formula is C21H27N3O. The van der Waals surface area contributed by atoms with Gasteiger partial charge in [0.25, 0.3) is 0 Å². The van der Waals surface area contributed by atoms with Crippen LogP contribution in [0, 0.1) is 16.7 Å². The fourth-order valence-electron chi connectivity index (χ4n) is 3.96. The SMILES string of the molecule is C=NC1=C(C(C)=NC)C(C)(C)Cc2c1ccc(O)c2C(C)CCC#N. The molecule has 0 saturated carbocycles. The lowest BCUT2D eigenvalue weighted by molar-refractivity contribution is 0.435. The van der Waals surface area contributed by atoms with Crippen LogP contribution in [0.1, 0.15) is 63.1 Å². The summed E-state index contributed by atoms with van der Waals surface area (Å²) in [6, 6.07) is 5.86. The molecule has 1 aromatic rings. The molecule has 0 heterocycles. The van der Waals surface area contributed by atoms with E-state index in [9.17, 15) is 5.11 Å². The maximum atomic E-state index is 10.5. The number of fused-ring (bicyclic) bond motifs is 1. The molecule has 1 aliphatic carbocycles. The smallest absolute Gasteiger partial charge is 0.119 e. The van der Waals surface area contributed by atoms with Gasteiger partial charge in [0.2, 0.25) is 0 Å². The first-order chi connectivity index (χ1) is 11.8. The summed E-state index contributed by atoms with van der Waals surface area (Å²) in [5.74, 6) is 0.409. The predicted molar refractivity (Wildman–Crippen MR) is 104 cm³/mol. The van der Waals surface area contributed by atoms with E-state index >= 15 is 0 Å². The second-order valence-corrected chi connectivity index (χ2v) is 7.37. The van der Waals surface area contributed by atoms with Crippen LogP contribution in [0.3, 0.4) is 0 Å². The van der Waals surface area contributed by atoms with Gasteiger partial charge in [0, 0.05) is 35.9 Å². The average Bonchev–Trinajstić information content (AvgIpc) is 2.56. The standard InChI is InChI=1S/C21H27N3O/c1-13(8-7-11-22)18-16-12-21(3,4)19(14(2)23-5)20(24-6)15(16)9-10-17(18)25/h9-10,13,25H,6-8,12H2,1-5H3. The summed E-state index contributed by atoms with van der Waals surface area (Å²) < 4.78 is 0. The Morgan fingerprint density at radius 2 is 2.12 bits per heavy atom. The van der Waals surface area contributed by atoms with Gasteiger partial charge in [0.1, 0.15) is 5.75 Å². The molecule has 1 N–H and O–H groups in total. The Hall–Kier alpha value is -2.41. The third kappa shape index (κ3) is 3.37. The number of nitrogens with zero attached hydrogens (tertiary/aromatic N) is 3. The molecule has 1 atom stereocenters. The Bertz CT molecular complexity index is 794. The van der Waals surface area contributed by atoms with Crippen molar-refractivity contribution in [2.45, 2.75) is 52.9 Å². The van der Waals surface area contributed by atoms with Gasteiger partial charge in [0.15, 0.2) is 0 Å². The van der Waals surface area contributed by atoms with Crippen LogP contribution < -0.4 is 0 Å². The van der Waals surface area contributed by atoms with Crippen LogP contribution in [-0.4, -0.2) is 24.6 Å². The van der Waals surface area contributed by atoms with E-state index in [1.165, 1.54) is 0 Å². The first-order valence-electron chi connectivity index (χ1n) is 8.65. The zero-order valence-corrected chi connectivity index (χ0v) is 15.8. The summed E-state index contributed by atoms with van der Waals surface area (Å²) >= 11 is 0. The number of nitriles is 1. The third-order valence-electron chi connectivity index (χ3n) is 5.16. The Labute approximate surface area is 150 Å². The van der Waals surface area contributed by atoms with Crippen LogP contribution in [0.2, 0.25) is 0 Å². The van der Waals surface area contributed by atoms with Crippen molar-refractivity contribution in [3.8, 4) is 11.8 Å². The molecule has 132 valence electrons. The van der Waals surface area contributed by atoms with Crippen LogP contribution in [-0.2, 0) is 6.42 Å². The zero-order valence-electron chi connectivity index (χ0n) is 15.8. The minimum absolute atomic E-state index is 0.110. The molecule has 0 saturated heterocycles. The summed E-state index contributed by atoms with van der Waals surface area (Å²) in [6.45, 7) is 12.2. The summed E-state index contributed by atoms with van der Waals surface area (Å²) in [7, 11) is 1.79. The second-order valence-electron chi connectivity index (χ2n) is 7.37. The van der Waals surface area contributed by atoms with E-state index < -0.39 is 0 Å². The summed E-state index contributed by atoms with van der Waals surface area (Å²) in [5, 5.41) is 19.4. The van der Waals surface area contributed by atoms with Gasteiger partial charge in [-0.05, 0) is 55.5 Å². The number of benzene rings is 1. The molecule has 2 rings (SSSR count). The van der Waals surface area contributed by atoms with E-state index in [1.54, 1.807) is 13.1 Å². The molecule has 0 spiro atoms. The van der Waals surface area contributed by atoms with E-state index in [-0.39, 0.29) is 11.3 Å². The van der Waals surface area contributed by atoms with Crippen molar-refractivity contribution in [2.75, 3.05) is 7.05 Å². The van der Waals surface area contributed by atoms with Crippen LogP contribution in [0.15, 0.2) is 27.7 Å². The summed E-state index contributed by atoms with van der Waals surface area (Å²) in [6.07, 6.45) is 2.00. The van der Waals surface area contributed by atoms with Crippen molar-refractivity contribution in [3.05, 3.63) is 34.4 Å². The first kappa shape index (κ1) is 18.9. The van der Waals surface area contributed by atoms with Gasteiger partial charge in [-0.25, -0.2) is 0 Å². The summed E-state index contributed by atoms with van der Waals surface area (Å²) in [4.78, 5) is 8.72. The highest BCUT2D eigenvalue weighted by Crippen LogP contribution is 2.48. The maximum absolute atomic E-state index is 10.5. The van der Waals surface area contributed by atoms with Gasteiger partial charge < -0.3 is 5.11 Å². The number of hydrogen-bond donors (Lipinski definition) is 1. The molecule has 0 radical (unpaired) electrons. The molecule has 0 aromatic heterocycles. The van der Waals surface area contributed by atoms with Gasteiger partial charge in [-0.1, -0.05) is 20.8 Å². The first-order valence-corrected chi connectivity index (χ1v) is 8.65. The van der Waals surface area contributed by atoms with E-state index in [2.05, 4.69) is 43.5 Å². The largest absolute Gasteiger partial charge is 0.508 e. The number of allylic oxidation sites excluding steroid dienone is 1. The number of aliphatic imine (C=N–C) groups is 2. The van der Waals surface area contributed by atoms with Crippen molar-refractivity contribution in [2.24, 2.45) is 15.4 Å². The number of hydrogen-bond acceptors (Lipinski definition) is 4. The molecule has 0 bridgehead atoms. The Kier molecular flexibility index (Phi) is 5.47. The minimum atomic E-state index is -0.162. The lowest BCUT2D eigenvalue weighted by atomic mass is 9.68. The molecule has 1 unspecified atom stereocenters. The van der Waals surface area contributed by atoms with E-state index in [1.807, 2.05) is 13.0 Å². The molecular weight excluding hydrogens is 310 g/mol. The molecule has 4 heteroatoms. The highest BCUT2D eigenvalue weighted by Gasteiger charge is 2.36. The lowest BCUT2D eigenvalue weighted by Crippen LogP contribution is -2.29. The van der Waals surface area contributed by atoms with E-state index in [4.69, 9.17) is 5.26 Å². The molecule has 0 aliphatic heterocycles. The van der Waals surface area contributed by atoms with Gasteiger partial charge in [0.05, 0.1) is 11.8 Å². The molecule has 4 nitrogen and oxygen atoms in total. The molecule has 1 aromatic carbocycles. The highest BCUT2D eigenvalue weighted by molar-refractivity contribution is 6.07. The van der Waals surface area contributed by atoms with Gasteiger partial charge in [-0.15, -0.1) is 0 Å². The fraction of sp³-hybridized carbons (Fsp3) is 0.476.